The van der Waals surface area contributed by atoms with Gasteiger partial charge >= 0.3 is 0 Å². The summed E-state index contributed by atoms with van der Waals surface area (Å²) in [6, 6.07) is 5.45. The van der Waals surface area contributed by atoms with E-state index in [1.165, 1.54) is 17.4 Å². The molecule has 2 fully saturated rings. The number of benzene rings is 1. The van der Waals surface area contributed by atoms with E-state index in [0.717, 1.165) is 24.2 Å². The Kier molecular flexibility index (Phi) is 2.77. The first-order valence-electron chi connectivity index (χ1n) is 6.56. The standard InChI is InChI=1S/C14H12ClFN2OS/c15-12-11-9(16)2-1-3-10(11)20-13(12)14(19)18-6-7-4-8(18)5-17-7/h1-3,7-8,17H,4-6H2. The average Bonchev–Trinajstić information content (AvgIpc) is 3.12. The summed E-state index contributed by atoms with van der Waals surface area (Å²) >= 11 is 7.52. The third-order valence-corrected chi connectivity index (χ3v) is 5.75. The molecule has 1 amide bonds. The number of amides is 1. The molecule has 2 saturated heterocycles. The number of nitrogens with zero attached hydrogens (tertiary/aromatic N) is 1. The number of hydrogen-bond donors (Lipinski definition) is 1. The second-order valence-corrected chi connectivity index (χ2v) is 6.74. The minimum atomic E-state index is -0.368. The molecule has 4 rings (SSSR count). The van der Waals surface area contributed by atoms with Crippen LogP contribution in [0, 0.1) is 5.82 Å². The summed E-state index contributed by atoms with van der Waals surface area (Å²) in [6.45, 7) is 1.56. The van der Waals surface area contributed by atoms with E-state index in [0.29, 0.717) is 16.3 Å². The quantitative estimate of drug-likeness (QED) is 0.878. The van der Waals surface area contributed by atoms with Crippen molar-refractivity contribution in [2.24, 2.45) is 0 Å². The molecule has 1 aromatic heterocycles. The van der Waals surface area contributed by atoms with Gasteiger partial charge < -0.3 is 10.2 Å². The molecule has 1 N–H and O–H groups in total. The zero-order valence-corrected chi connectivity index (χ0v) is 12.1. The number of carbonyl (C=O) groups excluding carboxylic acids is 1. The van der Waals surface area contributed by atoms with E-state index < -0.39 is 0 Å². The lowest BCUT2D eigenvalue weighted by Crippen LogP contribution is -2.46. The van der Waals surface area contributed by atoms with Crippen LogP contribution < -0.4 is 5.32 Å². The van der Waals surface area contributed by atoms with E-state index in [-0.39, 0.29) is 22.8 Å². The third kappa shape index (κ3) is 1.70. The minimum absolute atomic E-state index is 0.0652. The lowest BCUT2D eigenvalue weighted by molar-refractivity contribution is 0.0721. The molecule has 6 heteroatoms. The van der Waals surface area contributed by atoms with Crippen molar-refractivity contribution < 1.29 is 9.18 Å². The molecule has 2 unspecified atom stereocenters. The Balaban J connectivity index is 1.77. The van der Waals surface area contributed by atoms with Crippen LogP contribution in [-0.4, -0.2) is 36.0 Å². The van der Waals surface area contributed by atoms with E-state index in [2.05, 4.69) is 5.32 Å². The molecule has 2 aliphatic rings. The summed E-state index contributed by atoms with van der Waals surface area (Å²) < 4.78 is 14.6. The monoisotopic (exact) mass is 310 g/mol. The molecular formula is C14H12ClFN2OS. The van der Waals surface area contributed by atoms with Crippen LogP contribution in [0.1, 0.15) is 16.1 Å². The fraction of sp³-hybridized carbons (Fsp3) is 0.357. The second-order valence-electron chi connectivity index (χ2n) is 5.31. The maximum absolute atomic E-state index is 13.8. The van der Waals surface area contributed by atoms with Gasteiger partial charge in [0.05, 0.1) is 5.02 Å². The normalized spacial score (nSPS) is 24.8. The van der Waals surface area contributed by atoms with Gasteiger partial charge in [-0.3, -0.25) is 4.79 Å². The predicted octanol–water partition coefficient (Wildman–Crippen LogP) is 2.88. The highest BCUT2D eigenvalue weighted by Crippen LogP contribution is 2.38. The summed E-state index contributed by atoms with van der Waals surface area (Å²) in [5.74, 6) is -0.433. The number of thiophene rings is 1. The summed E-state index contributed by atoms with van der Waals surface area (Å²) in [7, 11) is 0. The van der Waals surface area contributed by atoms with E-state index in [9.17, 15) is 9.18 Å². The van der Waals surface area contributed by atoms with Gasteiger partial charge in [-0.25, -0.2) is 4.39 Å². The van der Waals surface area contributed by atoms with Crippen LogP contribution in [0.3, 0.4) is 0 Å². The van der Waals surface area contributed by atoms with E-state index in [1.54, 1.807) is 12.1 Å². The molecule has 20 heavy (non-hydrogen) atoms. The lowest BCUT2D eigenvalue weighted by Gasteiger charge is -2.27. The van der Waals surface area contributed by atoms with Gasteiger partial charge in [0.2, 0.25) is 0 Å². The van der Waals surface area contributed by atoms with Gasteiger partial charge in [0.1, 0.15) is 10.7 Å². The molecule has 0 radical (unpaired) electrons. The molecule has 0 aliphatic carbocycles. The number of carbonyl (C=O) groups is 1. The number of nitrogens with one attached hydrogen (secondary N) is 1. The first-order chi connectivity index (χ1) is 9.65. The van der Waals surface area contributed by atoms with Gasteiger partial charge in [-0.2, -0.15) is 0 Å². The summed E-state index contributed by atoms with van der Waals surface area (Å²) in [6.07, 6.45) is 1.00. The van der Waals surface area contributed by atoms with Crippen LogP contribution in [0.5, 0.6) is 0 Å². The number of likely N-dealkylation sites (tertiary alicyclic amines) is 1. The van der Waals surface area contributed by atoms with Crippen LogP contribution in [0.4, 0.5) is 4.39 Å². The van der Waals surface area contributed by atoms with Gasteiger partial charge in [-0.05, 0) is 18.6 Å². The van der Waals surface area contributed by atoms with Gasteiger partial charge in [0.15, 0.2) is 0 Å². The molecule has 2 aliphatic heterocycles. The molecule has 2 atom stereocenters. The Bertz CT molecular complexity index is 717. The van der Waals surface area contributed by atoms with Crippen molar-refractivity contribution in [1.82, 2.24) is 10.2 Å². The van der Waals surface area contributed by atoms with Crippen LogP contribution in [0.2, 0.25) is 5.02 Å². The molecule has 2 bridgehead atoms. The highest BCUT2D eigenvalue weighted by molar-refractivity contribution is 7.21. The lowest BCUT2D eigenvalue weighted by atomic mass is 10.2. The average molecular weight is 311 g/mol. The Morgan fingerprint density at radius 1 is 1.50 bits per heavy atom. The zero-order valence-electron chi connectivity index (χ0n) is 10.5. The maximum atomic E-state index is 13.8. The molecule has 3 nitrogen and oxygen atoms in total. The van der Waals surface area contributed by atoms with Crippen molar-refractivity contribution in [3.05, 3.63) is 33.9 Å². The van der Waals surface area contributed by atoms with Gasteiger partial charge in [0, 0.05) is 35.3 Å². The first kappa shape index (κ1) is 12.6. The smallest absolute Gasteiger partial charge is 0.265 e. The number of halogens is 2. The summed E-state index contributed by atoms with van der Waals surface area (Å²) in [4.78, 5) is 15.0. The van der Waals surface area contributed by atoms with Crippen LogP contribution in [0.15, 0.2) is 18.2 Å². The fourth-order valence-corrected chi connectivity index (χ4v) is 4.66. The third-order valence-electron chi connectivity index (χ3n) is 4.12. The highest BCUT2D eigenvalue weighted by Gasteiger charge is 2.41. The maximum Gasteiger partial charge on any atom is 0.265 e. The van der Waals surface area contributed by atoms with Crippen molar-refractivity contribution in [3.8, 4) is 0 Å². The van der Waals surface area contributed by atoms with E-state index in [4.69, 9.17) is 11.6 Å². The van der Waals surface area contributed by atoms with Crippen molar-refractivity contribution in [3.63, 3.8) is 0 Å². The second kappa shape index (κ2) is 4.41. The molecule has 0 spiro atoms. The van der Waals surface area contributed by atoms with E-state index >= 15 is 0 Å². The Morgan fingerprint density at radius 3 is 3.00 bits per heavy atom. The van der Waals surface area contributed by atoms with E-state index in [1.807, 2.05) is 4.90 Å². The molecule has 2 aromatic rings. The number of hydrogen-bond acceptors (Lipinski definition) is 3. The van der Waals surface area contributed by atoms with Gasteiger partial charge in [-0.15, -0.1) is 11.3 Å². The molecule has 1 aromatic carbocycles. The number of piperazine rings is 1. The SMILES string of the molecule is O=C(c1sc2cccc(F)c2c1Cl)N1CC2CC1CN2. The zero-order chi connectivity index (χ0) is 13.9. The molecule has 0 saturated carbocycles. The highest BCUT2D eigenvalue weighted by atomic mass is 35.5. The summed E-state index contributed by atoms with van der Waals surface area (Å²) in [5, 5.41) is 3.98. The first-order valence-corrected chi connectivity index (χ1v) is 7.75. The Labute approximate surface area is 124 Å². The van der Waals surface area contributed by atoms with Crippen LogP contribution in [0.25, 0.3) is 10.1 Å². The Morgan fingerprint density at radius 2 is 2.35 bits per heavy atom. The summed E-state index contributed by atoms with van der Waals surface area (Å²) in [5.41, 5.74) is 0. The fourth-order valence-electron chi connectivity index (χ4n) is 3.15. The van der Waals surface area contributed by atoms with Gasteiger partial charge in [-0.1, -0.05) is 17.7 Å². The Hall–Kier alpha value is -1.17. The van der Waals surface area contributed by atoms with Crippen molar-refractivity contribution in [2.75, 3.05) is 13.1 Å². The number of fused-ring (bicyclic) bond motifs is 3. The predicted molar refractivity (Wildman–Crippen MR) is 78.0 cm³/mol. The molecule has 104 valence electrons. The molecule has 3 heterocycles. The van der Waals surface area contributed by atoms with Crippen molar-refractivity contribution >= 4 is 38.9 Å². The van der Waals surface area contributed by atoms with Crippen LogP contribution >= 0.6 is 22.9 Å². The number of rotatable bonds is 1. The van der Waals surface area contributed by atoms with Crippen molar-refractivity contribution in [1.29, 1.82) is 0 Å². The van der Waals surface area contributed by atoms with Crippen molar-refractivity contribution in [2.45, 2.75) is 18.5 Å². The van der Waals surface area contributed by atoms with Crippen LogP contribution in [-0.2, 0) is 0 Å². The van der Waals surface area contributed by atoms with Gasteiger partial charge in [0.25, 0.3) is 5.91 Å². The minimum Gasteiger partial charge on any atom is -0.332 e. The topological polar surface area (TPSA) is 32.3 Å². The largest absolute Gasteiger partial charge is 0.332 e. The molecular weight excluding hydrogens is 299 g/mol.